The van der Waals surface area contributed by atoms with Crippen LogP contribution < -0.4 is 0 Å². The fraction of sp³-hybridized carbons (Fsp3) is 0.714. The third kappa shape index (κ3) is 3.01. The second kappa shape index (κ2) is 5.38. The van der Waals surface area contributed by atoms with Crippen molar-refractivity contribution in [1.82, 2.24) is 0 Å². The quantitative estimate of drug-likeness (QED) is 0.565. The van der Waals surface area contributed by atoms with E-state index in [0.29, 0.717) is 5.92 Å². The van der Waals surface area contributed by atoms with Crippen LogP contribution in [0.4, 0.5) is 0 Å². The van der Waals surface area contributed by atoms with Crippen LogP contribution >= 0.6 is 0 Å². The molecule has 1 aliphatic carbocycles. The highest BCUT2D eigenvalue weighted by Gasteiger charge is 2.20. The minimum atomic E-state index is 0.637. The lowest BCUT2D eigenvalue weighted by Gasteiger charge is -2.28. The van der Waals surface area contributed by atoms with Crippen LogP contribution in [0.15, 0.2) is 24.3 Å². The zero-order valence-electron chi connectivity index (χ0n) is 9.81. The van der Waals surface area contributed by atoms with E-state index < -0.39 is 0 Å². The molecule has 1 unspecified atom stereocenters. The van der Waals surface area contributed by atoms with Crippen molar-refractivity contribution in [3.8, 4) is 0 Å². The molecule has 0 aromatic rings. The minimum Gasteiger partial charge on any atom is -0.0993 e. The van der Waals surface area contributed by atoms with Gasteiger partial charge in [-0.25, -0.2) is 0 Å². The standard InChI is InChI=1S/C14H24/c1-5-11(2)9-10-14-12(3)7-6-8-13(14)4/h11,14H,3-10H2,1-2H3. The molecule has 0 amide bonds. The van der Waals surface area contributed by atoms with Gasteiger partial charge in [-0.05, 0) is 38.0 Å². The summed E-state index contributed by atoms with van der Waals surface area (Å²) in [6.07, 6.45) is 7.64. The summed E-state index contributed by atoms with van der Waals surface area (Å²) in [4.78, 5) is 0. The van der Waals surface area contributed by atoms with Crippen molar-refractivity contribution in [3.05, 3.63) is 24.3 Å². The van der Waals surface area contributed by atoms with Crippen molar-refractivity contribution in [2.24, 2.45) is 11.8 Å². The molecular formula is C14H24. The first-order valence-corrected chi connectivity index (χ1v) is 6.00. The molecule has 0 heteroatoms. The van der Waals surface area contributed by atoms with E-state index in [2.05, 4.69) is 27.0 Å². The molecule has 1 aliphatic rings. The molecular weight excluding hydrogens is 168 g/mol. The van der Waals surface area contributed by atoms with Gasteiger partial charge in [0.2, 0.25) is 0 Å². The summed E-state index contributed by atoms with van der Waals surface area (Å²) in [6, 6.07) is 0. The van der Waals surface area contributed by atoms with Gasteiger partial charge < -0.3 is 0 Å². The highest BCUT2D eigenvalue weighted by molar-refractivity contribution is 5.20. The van der Waals surface area contributed by atoms with Crippen LogP contribution in [0.5, 0.6) is 0 Å². The van der Waals surface area contributed by atoms with Gasteiger partial charge in [0.05, 0.1) is 0 Å². The Balaban J connectivity index is 2.40. The SMILES string of the molecule is C=C1CCCC(=C)C1CCC(C)CC. The maximum Gasteiger partial charge on any atom is 0.000164 e. The predicted octanol–water partition coefficient (Wildman–Crippen LogP) is 4.73. The smallest absolute Gasteiger partial charge is 0.000164 e. The van der Waals surface area contributed by atoms with Crippen LogP contribution in [0.25, 0.3) is 0 Å². The van der Waals surface area contributed by atoms with Crippen LogP contribution in [0.3, 0.4) is 0 Å². The Labute approximate surface area is 89.1 Å². The molecule has 0 bridgehead atoms. The molecule has 1 atom stereocenters. The highest BCUT2D eigenvalue weighted by Crippen LogP contribution is 2.35. The van der Waals surface area contributed by atoms with E-state index in [-0.39, 0.29) is 0 Å². The summed E-state index contributed by atoms with van der Waals surface area (Å²) in [7, 11) is 0. The average Bonchev–Trinajstić information content (AvgIpc) is 2.16. The maximum atomic E-state index is 4.19. The van der Waals surface area contributed by atoms with Gasteiger partial charge in [-0.3, -0.25) is 0 Å². The molecule has 1 saturated carbocycles. The molecule has 0 radical (unpaired) electrons. The summed E-state index contributed by atoms with van der Waals surface area (Å²) in [5.41, 5.74) is 2.87. The zero-order valence-corrected chi connectivity index (χ0v) is 9.81. The molecule has 14 heavy (non-hydrogen) atoms. The van der Waals surface area contributed by atoms with Gasteiger partial charge in [0.25, 0.3) is 0 Å². The van der Waals surface area contributed by atoms with Gasteiger partial charge in [-0.2, -0.15) is 0 Å². The third-order valence-electron chi connectivity index (χ3n) is 3.63. The molecule has 0 N–H and O–H groups in total. The molecule has 0 saturated heterocycles. The van der Waals surface area contributed by atoms with Gasteiger partial charge >= 0.3 is 0 Å². The molecule has 0 nitrogen and oxygen atoms in total. The number of hydrogen-bond donors (Lipinski definition) is 0. The topological polar surface area (TPSA) is 0 Å². The summed E-state index contributed by atoms with van der Waals surface area (Å²) >= 11 is 0. The Morgan fingerprint density at radius 1 is 1.29 bits per heavy atom. The van der Waals surface area contributed by atoms with E-state index in [0.717, 1.165) is 5.92 Å². The van der Waals surface area contributed by atoms with Crippen LogP contribution in [0.2, 0.25) is 0 Å². The molecule has 0 spiro atoms. The fourth-order valence-electron chi connectivity index (χ4n) is 2.24. The first-order chi connectivity index (χ1) is 6.65. The number of rotatable bonds is 4. The first kappa shape index (κ1) is 11.6. The summed E-state index contributed by atoms with van der Waals surface area (Å²) in [5.74, 6) is 1.50. The second-order valence-corrected chi connectivity index (χ2v) is 4.81. The van der Waals surface area contributed by atoms with Crippen molar-refractivity contribution in [1.29, 1.82) is 0 Å². The lowest BCUT2D eigenvalue weighted by molar-refractivity contribution is 0.436. The Morgan fingerprint density at radius 2 is 1.86 bits per heavy atom. The van der Waals surface area contributed by atoms with E-state index in [1.54, 1.807) is 0 Å². The molecule has 1 rings (SSSR count). The normalized spacial score (nSPS) is 21.3. The van der Waals surface area contributed by atoms with E-state index in [1.165, 1.54) is 49.7 Å². The summed E-state index contributed by atoms with van der Waals surface area (Å²) in [5, 5.41) is 0. The molecule has 0 heterocycles. The van der Waals surface area contributed by atoms with E-state index in [9.17, 15) is 0 Å². The Morgan fingerprint density at radius 3 is 2.36 bits per heavy atom. The van der Waals surface area contributed by atoms with E-state index >= 15 is 0 Å². The van der Waals surface area contributed by atoms with Crippen molar-refractivity contribution in [3.63, 3.8) is 0 Å². The molecule has 0 aliphatic heterocycles. The average molecular weight is 192 g/mol. The van der Waals surface area contributed by atoms with Crippen molar-refractivity contribution in [2.45, 2.75) is 52.4 Å². The Hall–Kier alpha value is -0.520. The van der Waals surface area contributed by atoms with Crippen LogP contribution in [-0.4, -0.2) is 0 Å². The zero-order chi connectivity index (χ0) is 10.6. The third-order valence-corrected chi connectivity index (χ3v) is 3.63. The van der Waals surface area contributed by atoms with Gasteiger partial charge in [0.1, 0.15) is 0 Å². The molecule has 0 aromatic heterocycles. The monoisotopic (exact) mass is 192 g/mol. The van der Waals surface area contributed by atoms with Crippen LogP contribution in [0, 0.1) is 11.8 Å². The Kier molecular flexibility index (Phi) is 4.44. The van der Waals surface area contributed by atoms with E-state index in [4.69, 9.17) is 0 Å². The van der Waals surface area contributed by atoms with Crippen molar-refractivity contribution >= 4 is 0 Å². The van der Waals surface area contributed by atoms with Crippen LogP contribution in [-0.2, 0) is 0 Å². The van der Waals surface area contributed by atoms with Crippen molar-refractivity contribution < 1.29 is 0 Å². The first-order valence-electron chi connectivity index (χ1n) is 6.00. The van der Waals surface area contributed by atoms with E-state index in [1.807, 2.05) is 0 Å². The molecule has 0 aromatic carbocycles. The molecule has 1 fully saturated rings. The van der Waals surface area contributed by atoms with Gasteiger partial charge in [0.15, 0.2) is 0 Å². The lowest BCUT2D eigenvalue weighted by atomic mass is 9.78. The summed E-state index contributed by atoms with van der Waals surface area (Å²) < 4.78 is 0. The summed E-state index contributed by atoms with van der Waals surface area (Å²) in [6.45, 7) is 13.0. The highest BCUT2D eigenvalue weighted by atomic mass is 14.3. The lowest BCUT2D eigenvalue weighted by Crippen LogP contribution is -2.13. The van der Waals surface area contributed by atoms with Crippen molar-refractivity contribution in [2.75, 3.05) is 0 Å². The minimum absolute atomic E-state index is 0.637. The maximum absolute atomic E-state index is 4.19. The largest absolute Gasteiger partial charge is 0.0993 e. The van der Waals surface area contributed by atoms with Gasteiger partial charge in [0, 0.05) is 5.92 Å². The Bertz CT molecular complexity index is 196. The number of hydrogen-bond acceptors (Lipinski definition) is 0. The van der Waals surface area contributed by atoms with Gasteiger partial charge in [-0.15, -0.1) is 0 Å². The fourth-order valence-corrected chi connectivity index (χ4v) is 2.24. The van der Waals surface area contributed by atoms with Gasteiger partial charge in [-0.1, -0.05) is 44.6 Å². The second-order valence-electron chi connectivity index (χ2n) is 4.81. The predicted molar refractivity (Wildman–Crippen MR) is 64.3 cm³/mol. The number of allylic oxidation sites excluding steroid dienone is 2. The van der Waals surface area contributed by atoms with Crippen LogP contribution in [0.1, 0.15) is 52.4 Å². The molecule has 80 valence electrons.